The van der Waals surface area contributed by atoms with Crippen molar-refractivity contribution in [1.29, 1.82) is 0 Å². The summed E-state index contributed by atoms with van der Waals surface area (Å²) in [6.45, 7) is 4.58. The number of ether oxygens (including phenoxy) is 1. The maximum Gasteiger partial charge on any atom is 0.359 e. The Labute approximate surface area is 208 Å². The molecule has 1 saturated heterocycles. The second-order valence-corrected chi connectivity index (χ2v) is 11.2. The third kappa shape index (κ3) is 4.55. The van der Waals surface area contributed by atoms with Crippen molar-refractivity contribution in [1.82, 2.24) is 4.90 Å². The zero-order chi connectivity index (χ0) is 24.6. The van der Waals surface area contributed by atoms with Crippen LogP contribution >= 0.6 is 18.9 Å². The van der Waals surface area contributed by atoms with E-state index in [1.807, 2.05) is 59.5 Å². The molecular weight excluding hydrogens is 483 g/mol. The Morgan fingerprint density at radius 3 is 2.37 bits per heavy atom. The lowest BCUT2D eigenvalue weighted by atomic mass is 10.1. The van der Waals surface area contributed by atoms with Crippen molar-refractivity contribution < 1.29 is 23.5 Å². The number of piperazine rings is 1. The van der Waals surface area contributed by atoms with Gasteiger partial charge in [0.25, 0.3) is 5.91 Å². The maximum atomic E-state index is 13.4. The Kier molecular flexibility index (Phi) is 6.55. The summed E-state index contributed by atoms with van der Waals surface area (Å²) < 4.78 is 24.3. The highest BCUT2D eigenvalue weighted by atomic mass is 32.1. The van der Waals surface area contributed by atoms with E-state index in [2.05, 4.69) is 4.90 Å². The molecule has 2 heterocycles. The average Bonchev–Trinajstić information content (AvgIpc) is 3.33. The van der Waals surface area contributed by atoms with Crippen LogP contribution in [0.3, 0.4) is 0 Å². The molecule has 1 fully saturated rings. The van der Waals surface area contributed by atoms with E-state index in [-0.39, 0.29) is 17.8 Å². The van der Waals surface area contributed by atoms with Crippen LogP contribution in [0.4, 0.5) is 5.69 Å². The molecule has 3 aromatic carbocycles. The van der Waals surface area contributed by atoms with Crippen molar-refractivity contribution in [2.45, 2.75) is 6.92 Å². The fourth-order valence-corrected chi connectivity index (χ4v) is 6.99. The molecule has 35 heavy (non-hydrogen) atoms. The second kappa shape index (κ2) is 9.63. The van der Waals surface area contributed by atoms with Gasteiger partial charge in [-0.25, -0.2) is 0 Å². The van der Waals surface area contributed by atoms with Gasteiger partial charge in [-0.2, -0.15) is 0 Å². The minimum atomic E-state index is -3.98. The van der Waals surface area contributed by atoms with Gasteiger partial charge in [0.05, 0.1) is 23.9 Å². The molecule has 0 bridgehead atoms. The molecule has 1 unspecified atom stereocenters. The van der Waals surface area contributed by atoms with Crippen LogP contribution < -0.4 is 14.9 Å². The topological polar surface area (TPSA) is 79.3 Å². The third-order valence-corrected chi connectivity index (χ3v) is 9.08. The molecule has 1 N–H and O–H groups in total. The van der Waals surface area contributed by atoms with Crippen molar-refractivity contribution in [3.8, 4) is 5.75 Å². The summed E-state index contributed by atoms with van der Waals surface area (Å²) in [4.78, 5) is 28.7. The number of amides is 1. The average molecular weight is 511 g/mol. The molecule has 1 aromatic heterocycles. The van der Waals surface area contributed by atoms with Crippen LogP contribution in [0.2, 0.25) is 0 Å². The molecule has 1 aliphatic heterocycles. The lowest BCUT2D eigenvalue weighted by Crippen LogP contribution is -2.48. The molecule has 1 amide bonds. The molecule has 5 rings (SSSR count). The number of methoxy groups -OCH3 is 1. The zero-order valence-electron chi connectivity index (χ0n) is 19.6. The first-order valence-corrected chi connectivity index (χ1v) is 13.9. The van der Waals surface area contributed by atoms with Gasteiger partial charge < -0.3 is 24.0 Å². The van der Waals surface area contributed by atoms with Gasteiger partial charge in [0.1, 0.15) is 5.75 Å². The minimum Gasteiger partial charge on any atom is -0.497 e. The van der Waals surface area contributed by atoms with Crippen LogP contribution in [-0.2, 0) is 9.09 Å². The van der Waals surface area contributed by atoms with Gasteiger partial charge in [-0.3, -0.25) is 9.36 Å². The summed E-state index contributed by atoms with van der Waals surface area (Å²) >= 11 is 1.43. The monoisotopic (exact) mass is 510 g/mol. The first-order valence-electron chi connectivity index (χ1n) is 11.5. The van der Waals surface area contributed by atoms with Crippen molar-refractivity contribution >= 4 is 56.7 Å². The van der Waals surface area contributed by atoms with E-state index in [4.69, 9.17) is 9.26 Å². The molecule has 0 saturated carbocycles. The summed E-state index contributed by atoms with van der Waals surface area (Å²) in [6, 6.07) is 19.0. The first-order chi connectivity index (χ1) is 16.9. The number of hydrogen-bond donors (Lipinski definition) is 1. The minimum absolute atomic E-state index is 0.0109. The number of rotatable bonds is 6. The fraction of sp³-hybridized carbons (Fsp3) is 0.269. The molecule has 7 nitrogen and oxygen atoms in total. The van der Waals surface area contributed by atoms with Crippen molar-refractivity contribution in [3.63, 3.8) is 0 Å². The van der Waals surface area contributed by atoms with Gasteiger partial charge in [0, 0.05) is 42.0 Å². The molecule has 9 heteroatoms. The normalized spacial score (nSPS) is 16.0. The first kappa shape index (κ1) is 23.8. The van der Waals surface area contributed by atoms with E-state index < -0.39 is 7.60 Å². The lowest BCUT2D eigenvalue weighted by molar-refractivity contribution is 0.0751. The number of carbonyl (C=O) groups excluding carboxylic acids is 1. The zero-order valence-corrected chi connectivity index (χ0v) is 21.4. The molecular formula is C26H27N2O5PS. The highest BCUT2D eigenvalue weighted by molar-refractivity contribution is 7.61. The molecule has 0 spiro atoms. The standard InChI is InChI=1S/C26H27N2O5PS/c1-3-33-34(30,31)23-16-18-17-24(35-25(18)22-7-5-4-6-21(22)23)26(29)28-14-12-27(13-15-28)19-8-10-20(32-2)11-9-19/h4-11,16-17H,3,12-15H2,1-2H3,(H,30,31). The van der Waals surface area contributed by atoms with E-state index in [1.165, 1.54) is 11.3 Å². The number of thiophene rings is 1. The smallest absolute Gasteiger partial charge is 0.359 e. The largest absolute Gasteiger partial charge is 0.497 e. The molecule has 182 valence electrons. The van der Waals surface area contributed by atoms with E-state index in [1.54, 1.807) is 20.1 Å². The Hall–Kier alpha value is -2.90. The summed E-state index contributed by atoms with van der Waals surface area (Å²) in [6.07, 6.45) is 0. The summed E-state index contributed by atoms with van der Waals surface area (Å²) in [5.74, 6) is 0.810. The number of benzene rings is 3. The number of anilines is 1. The maximum absolute atomic E-state index is 13.4. The SMILES string of the molecule is CCOP(=O)(O)c1cc2cc(C(=O)N3CCN(c4ccc(OC)cc4)CC3)sc2c2ccccc12. The van der Waals surface area contributed by atoms with Gasteiger partial charge in [-0.1, -0.05) is 24.3 Å². The van der Waals surface area contributed by atoms with Crippen LogP contribution in [0.5, 0.6) is 5.75 Å². The third-order valence-electron chi connectivity index (χ3n) is 6.32. The van der Waals surface area contributed by atoms with Crippen molar-refractivity contribution in [3.05, 3.63) is 65.5 Å². The lowest BCUT2D eigenvalue weighted by Gasteiger charge is -2.36. The Morgan fingerprint density at radius 1 is 1.03 bits per heavy atom. The summed E-state index contributed by atoms with van der Waals surface area (Å²) in [7, 11) is -2.33. The fourth-order valence-electron chi connectivity index (χ4n) is 4.55. The van der Waals surface area contributed by atoms with Gasteiger partial charge in [-0.15, -0.1) is 11.3 Å². The molecule has 1 atom stereocenters. The predicted octanol–water partition coefficient (Wildman–Crippen LogP) is 4.87. The van der Waals surface area contributed by atoms with Gasteiger partial charge >= 0.3 is 7.60 Å². The Bertz CT molecular complexity index is 1430. The van der Waals surface area contributed by atoms with Crippen LogP contribution in [0.15, 0.2) is 60.7 Å². The van der Waals surface area contributed by atoms with E-state index in [0.717, 1.165) is 40.0 Å². The predicted molar refractivity (Wildman–Crippen MR) is 142 cm³/mol. The van der Waals surface area contributed by atoms with E-state index in [9.17, 15) is 14.3 Å². The van der Waals surface area contributed by atoms with Crippen LogP contribution in [-0.4, -0.2) is 55.6 Å². The molecule has 0 radical (unpaired) electrons. The quantitative estimate of drug-likeness (QED) is 0.373. The number of fused-ring (bicyclic) bond motifs is 3. The van der Waals surface area contributed by atoms with Crippen LogP contribution in [0.1, 0.15) is 16.6 Å². The van der Waals surface area contributed by atoms with Gasteiger partial charge in [0.15, 0.2) is 0 Å². The van der Waals surface area contributed by atoms with Gasteiger partial charge in [0.2, 0.25) is 0 Å². The molecule has 4 aromatic rings. The highest BCUT2D eigenvalue weighted by Gasteiger charge is 2.28. The number of nitrogens with zero attached hydrogens (tertiary/aromatic N) is 2. The second-order valence-electron chi connectivity index (χ2n) is 8.39. The van der Waals surface area contributed by atoms with Crippen LogP contribution in [0.25, 0.3) is 20.9 Å². The summed E-state index contributed by atoms with van der Waals surface area (Å²) in [5, 5.41) is 2.57. The van der Waals surface area contributed by atoms with E-state index in [0.29, 0.717) is 23.4 Å². The van der Waals surface area contributed by atoms with Gasteiger partial charge in [-0.05, 0) is 54.1 Å². The Balaban J connectivity index is 1.41. The van der Waals surface area contributed by atoms with E-state index >= 15 is 0 Å². The number of hydrogen-bond acceptors (Lipinski definition) is 6. The molecule has 0 aliphatic carbocycles. The van der Waals surface area contributed by atoms with Crippen molar-refractivity contribution in [2.24, 2.45) is 0 Å². The highest BCUT2D eigenvalue weighted by Crippen LogP contribution is 2.45. The van der Waals surface area contributed by atoms with Crippen molar-refractivity contribution in [2.75, 3.05) is 44.8 Å². The number of carbonyl (C=O) groups is 1. The Morgan fingerprint density at radius 2 is 1.71 bits per heavy atom. The van der Waals surface area contributed by atoms with Crippen LogP contribution in [0, 0.1) is 0 Å². The molecule has 1 aliphatic rings. The summed E-state index contributed by atoms with van der Waals surface area (Å²) in [5.41, 5.74) is 1.11.